The number of aryl methyl sites for hydroxylation is 1. The van der Waals surface area contributed by atoms with Gasteiger partial charge in [-0.25, -0.2) is 0 Å². The van der Waals surface area contributed by atoms with Crippen molar-refractivity contribution in [2.75, 3.05) is 19.0 Å². The zero-order valence-electron chi connectivity index (χ0n) is 14.9. The van der Waals surface area contributed by atoms with E-state index in [4.69, 9.17) is 14.6 Å². The highest BCUT2D eigenvalue weighted by molar-refractivity contribution is 5.95. The maximum atomic E-state index is 12.3. The number of nitrogens with zero attached hydrogens (tertiary/aromatic N) is 2. The average Bonchev–Trinajstić information content (AvgIpc) is 3.45. The molecule has 1 aromatic heterocycles. The SMILES string of the molecule is COc1cccc2c1OCC([C@@H]1CC(=O)Nc3c1c(C1CC1)nn3C)=C2. The summed E-state index contributed by atoms with van der Waals surface area (Å²) in [6, 6.07) is 5.88. The Morgan fingerprint density at radius 1 is 1.35 bits per heavy atom. The molecule has 3 heterocycles. The Morgan fingerprint density at radius 2 is 2.19 bits per heavy atom. The van der Waals surface area contributed by atoms with E-state index < -0.39 is 0 Å². The Balaban J connectivity index is 1.61. The van der Waals surface area contributed by atoms with Gasteiger partial charge < -0.3 is 14.8 Å². The largest absolute Gasteiger partial charge is 0.493 e. The second kappa shape index (κ2) is 5.62. The van der Waals surface area contributed by atoms with Crippen molar-refractivity contribution in [2.45, 2.75) is 31.1 Å². The van der Waals surface area contributed by atoms with Gasteiger partial charge in [-0.05, 0) is 30.6 Å². The summed E-state index contributed by atoms with van der Waals surface area (Å²) in [6.07, 6.45) is 4.95. The minimum atomic E-state index is 0.0161. The van der Waals surface area contributed by atoms with Crippen LogP contribution >= 0.6 is 0 Å². The number of methoxy groups -OCH3 is 1. The number of rotatable bonds is 3. The van der Waals surface area contributed by atoms with Crippen LogP contribution in [0.15, 0.2) is 23.8 Å². The molecular formula is C20H21N3O3. The van der Waals surface area contributed by atoms with E-state index in [-0.39, 0.29) is 11.8 Å². The first kappa shape index (κ1) is 15.5. The van der Waals surface area contributed by atoms with Gasteiger partial charge in [0.05, 0.1) is 12.8 Å². The van der Waals surface area contributed by atoms with Crippen molar-refractivity contribution < 1.29 is 14.3 Å². The Bertz CT molecular complexity index is 940. The zero-order chi connectivity index (χ0) is 17.8. The van der Waals surface area contributed by atoms with E-state index in [1.807, 2.05) is 29.9 Å². The van der Waals surface area contributed by atoms with Crippen molar-refractivity contribution in [3.8, 4) is 11.5 Å². The second-order valence-corrected chi connectivity index (χ2v) is 7.24. The van der Waals surface area contributed by atoms with Crippen molar-refractivity contribution in [3.63, 3.8) is 0 Å². The normalized spacial score (nSPS) is 21.2. The average molecular weight is 351 g/mol. The molecule has 3 aliphatic rings. The summed E-state index contributed by atoms with van der Waals surface area (Å²) < 4.78 is 13.2. The second-order valence-electron chi connectivity index (χ2n) is 7.24. The third-order valence-corrected chi connectivity index (χ3v) is 5.47. The topological polar surface area (TPSA) is 65.4 Å². The molecule has 0 saturated heterocycles. The van der Waals surface area contributed by atoms with E-state index >= 15 is 0 Å². The Hall–Kier alpha value is -2.76. The molecule has 1 N–H and O–H groups in total. The van der Waals surface area contributed by atoms with Gasteiger partial charge in [0.15, 0.2) is 11.5 Å². The highest BCUT2D eigenvalue weighted by Crippen LogP contribution is 2.49. The molecular weight excluding hydrogens is 330 g/mol. The summed E-state index contributed by atoms with van der Waals surface area (Å²) in [5.41, 5.74) is 4.44. The van der Waals surface area contributed by atoms with Crippen LogP contribution in [-0.2, 0) is 11.8 Å². The summed E-state index contributed by atoms with van der Waals surface area (Å²) in [6.45, 7) is 0.462. The number of nitrogens with one attached hydrogen (secondary N) is 1. The van der Waals surface area contributed by atoms with Crippen LogP contribution in [0.25, 0.3) is 6.08 Å². The molecule has 6 nitrogen and oxygen atoms in total. The lowest BCUT2D eigenvalue weighted by Crippen LogP contribution is -2.27. The van der Waals surface area contributed by atoms with E-state index in [1.165, 1.54) is 18.4 Å². The molecule has 134 valence electrons. The lowest BCUT2D eigenvalue weighted by atomic mass is 9.83. The fourth-order valence-corrected chi connectivity index (χ4v) is 4.06. The van der Waals surface area contributed by atoms with Crippen LogP contribution in [0.2, 0.25) is 0 Å². The summed E-state index contributed by atoms with van der Waals surface area (Å²) in [4.78, 5) is 12.3. The fraction of sp³-hybridized carbons (Fsp3) is 0.400. The summed E-state index contributed by atoms with van der Waals surface area (Å²) >= 11 is 0. The standard InChI is InChI=1S/C20H21N3O3/c1-23-20-17(18(22-23)11-6-7-11)14(9-16(24)21-20)13-8-12-4-3-5-15(25-2)19(12)26-10-13/h3-5,8,11,14H,6-7,9-10H2,1-2H3,(H,21,24)/t14-/m0/s1. The highest BCUT2D eigenvalue weighted by Gasteiger charge is 2.39. The lowest BCUT2D eigenvalue weighted by molar-refractivity contribution is -0.116. The van der Waals surface area contributed by atoms with Crippen LogP contribution < -0.4 is 14.8 Å². The van der Waals surface area contributed by atoms with E-state index in [0.29, 0.717) is 18.9 Å². The smallest absolute Gasteiger partial charge is 0.226 e. The van der Waals surface area contributed by atoms with Crippen molar-refractivity contribution in [2.24, 2.45) is 7.05 Å². The monoisotopic (exact) mass is 351 g/mol. The first-order valence-corrected chi connectivity index (χ1v) is 9.02. The number of benzene rings is 1. The van der Waals surface area contributed by atoms with Gasteiger partial charge in [0, 0.05) is 36.4 Å². The van der Waals surface area contributed by atoms with E-state index in [2.05, 4.69) is 11.4 Å². The molecule has 1 atom stereocenters. The van der Waals surface area contributed by atoms with Gasteiger partial charge in [-0.15, -0.1) is 0 Å². The number of aromatic nitrogens is 2. The molecule has 0 unspecified atom stereocenters. The summed E-state index contributed by atoms with van der Waals surface area (Å²) in [7, 11) is 3.55. The van der Waals surface area contributed by atoms with Crippen LogP contribution in [0.4, 0.5) is 5.82 Å². The predicted molar refractivity (Wildman–Crippen MR) is 97.6 cm³/mol. The number of ether oxygens (including phenoxy) is 2. The highest BCUT2D eigenvalue weighted by atomic mass is 16.5. The molecule has 0 radical (unpaired) electrons. The quantitative estimate of drug-likeness (QED) is 0.922. The molecule has 0 bridgehead atoms. The molecule has 2 aromatic rings. The predicted octanol–water partition coefficient (Wildman–Crippen LogP) is 3.21. The first-order chi connectivity index (χ1) is 12.7. The number of para-hydroxylation sites is 1. The first-order valence-electron chi connectivity index (χ1n) is 9.02. The molecule has 1 aliphatic carbocycles. The summed E-state index contributed by atoms with van der Waals surface area (Å²) in [5, 5.41) is 7.73. The third-order valence-electron chi connectivity index (χ3n) is 5.47. The maximum absolute atomic E-state index is 12.3. The van der Waals surface area contributed by atoms with Crippen LogP contribution in [0, 0.1) is 0 Å². The molecule has 5 rings (SSSR count). The molecule has 2 aliphatic heterocycles. The summed E-state index contributed by atoms with van der Waals surface area (Å²) in [5.74, 6) is 2.92. The van der Waals surface area contributed by atoms with E-state index in [9.17, 15) is 4.79 Å². The molecule has 6 heteroatoms. The number of carbonyl (C=O) groups excluding carboxylic acids is 1. The Kier molecular flexibility index (Phi) is 3.35. The van der Waals surface area contributed by atoms with Gasteiger partial charge >= 0.3 is 0 Å². The van der Waals surface area contributed by atoms with Gasteiger partial charge in [-0.2, -0.15) is 5.10 Å². The Labute approximate surface area is 151 Å². The lowest BCUT2D eigenvalue weighted by Gasteiger charge is -2.29. The van der Waals surface area contributed by atoms with Crippen molar-refractivity contribution in [1.29, 1.82) is 0 Å². The minimum Gasteiger partial charge on any atom is -0.493 e. The maximum Gasteiger partial charge on any atom is 0.226 e. The minimum absolute atomic E-state index is 0.0161. The third kappa shape index (κ3) is 2.32. The molecule has 1 fully saturated rings. The van der Waals surface area contributed by atoms with Gasteiger partial charge in [-0.3, -0.25) is 9.48 Å². The van der Waals surface area contributed by atoms with Gasteiger partial charge in [0.2, 0.25) is 5.91 Å². The molecule has 1 amide bonds. The number of anilines is 1. The number of hydrogen-bond acceptors (Lipinski definition) is 4. The van der Waals surface area contributed by atoms with E-state index in [1.54, 1.807) is 7.11 Å². The van der Waals surface area contributed by atoms with Crippen molar-refractivity contribution in [1.82, 2.24) is 9.78 Å². The van der Waals surface area contributed by atoms with Crippen LogP contribution in [0.5, 0.6) is 11.5 Å². The van der Waals surface area contributed by atoms with E-state index in [0.717, 1.165) is 34.1 Å². The molecule has 26 heavy (non-hydrogen) atoms. The van der Waals surface area contributed by atoms with Crippen LogP contribution in [0.3, 0.4) is 0 Å². The number of amides is 1. The fourth-order valence-electron chi connectivity index (χ4n) is 4.06. The van der Waals surface area contributed by atoms with Crippen LogP contribution in [0.1, 0.15) is 47.9 Å². The van der Waals surface area contributed by atoms with Crippen molar-refractivity contribution >= 4 is 17.8 Å². The van der Waals surface area contributed by atoms with Gasteiger partial charge in [0.1, 0.15) is 12.4 Å². The van der Waals surface area contributed by atoms with Crippen molar-refractivity contribution in [3.05, 3.63) is 40.6 Å². The number of fused-ring (bicyclic) bond motifs is 2. The van der Waals surface area contributed by atoms with Gasteiger partial charge in [0.25, 0.3) is 0 Å². The number of hydrogen-bond donors (Lipinski definition) is 1. The zero-order valence-corrected chi connectivity index (χ0v) is 14.9. The number of carbonyl (C=O) groups is 1. The molecule has 1 aromatic carbocycles. The van der Waals surface area contributed by atoms with Gasteiger partial charge in [-0.1, -0.05) is 12.1 Å². The molecule has 1 saturated carbocycles. The molecule has 0 spiro atoms. The Morgan fingerprint density at radius 3 is 2.96 bits per heavy atom. The van der Waals surface area contributed by atoms with Crippen LogP contribution in [-0.4, -0.2) is 29.4 Å².